The summed E-state index contributed by atoms with van der Waals surface area (Å²) in [5.41, 5.74) is 2.49. The normalized spacial score (nSPS) is 10.6. The SMILES string of the molecule is CCCc1c(OCc2ccc(C(=O)c3cccc(C(=O)O)c3)cc2)ccc(C(C)=O)c1O. The summed E-state index contributed by atoms with van der Waals surface area (Å²) in [6.45, 7) is 3.61. The molecule has 0 heterocycles. The number of carbonyl (C=O) groups excluding carboxylic acids is 2. The highest BCUT2D eigenvalue weighted by Gasteiger charge is 2.16. The Labute approximate surface area is 186 Å². The summed E-state index contributed by atoms with van der Waals surface area (Å²) >= 11 is 0. The Morgan fingerprint density at radius 2 is 1.59 bits per heavy atom. The molecule has 0 aliphatic carbocycles. The molecule has 0 bridgehead atoms. The van der Waals surface area contributed by atoms with Crippen LogP contribution in [0, 0.1) is 0 Å². The molecule has 0 spiro atoms. The van der Waals surface area contributed by atoms with E-state index in [-0.39, 0.29) is 35.0 Å². The van der Waals surface area contributed by atoms with Gasteiger partial charge in [-0.1, -0.05) is 49.7 Å². The van der Waals surface area contributed by atoms with E-state index < -0.39 is 5.97 Å². The lowest BCUT2D eigenvalue weighted by Crippen LogP contribution is -2.05. The van der Waals surface area contributed by atoms with Crippen molar-refractivity contribution in [1.82, 2.24) is 0 Å². The van der Waals surface area contributed by atoms with Crippen LogP contribution in [0.1, 0.15) is 68.0 Å². The Hall–Kier alpha value is -3.93. The molecule has 0 aliphatic heterocycles. The van der Waals surface area contributed by atoms with Gasteiger partial charge in [0, 0.05) is 16.7 Å². The highest BCUT2D eigenvalue weighted by molar-refractivity contribution is 6.09. The molecular formula is C26H24O6. The minimum atomic E-state index is -1.09. The summed E-state index contributed by atoms with van der Waals surface area (Å²) in [6, 6.07) is 16.0. The van der Waals surface area contributed by atoms with Crippen LogP contribution in [0.4, 0.5) is 0 Å². The quantitative estimate of drug-likeness (QED) is 0.459. The minimum Gasteiger partial charge on any atom is -0.507 e. The molecule has 3 rings (SSSR count). The van der Waals surface area contributed by atoms with Gasteiger partial charge in [-0.15, -0.1) is 0 Å². The molecule has 3 aromatic carbocycles. The first-order chi connectivity index (χ1) is 15.3. The number of phenolic OH excluding ortho intramolecular Hbond substituents is 1. The lowest BCUT2D eigenvalue weighted by Gasteiger charge is -2.15. The molecular weight excluding hydrogens is 408 g/mol. The smallest absolute Gasteiger partial charge is 0.335 e. The third kappa shape index (κ3) is 5.03. The van der Waals surface area contributed by atoms with Gasteiger partial charge >= 0.3 is 5.97 Å². The number of hydrogen-bond acceptors (Lipinski definition) is 5. The molecule has 32 heavy (non-hydrogen) atoms. The monoisotopic (exact) mass is 432 g/mol. The predicted molar refractivity (Wildman–Crippen MR) is 120 cm³/mol. The van der Waals surface area contributed by atoms with E-state index in [4.69, 9.17) is 9.84 Å². The van der Waals surface area contributed by atoms with E-state index in [0.29, 0.717) is 28.9 Å². The average molecular weight is 432 g/mol. The molecule has 3 aromatic rings. The topological polar surface area (TPSA) is 101 Å². The number of aromatic carboxylic acids is 1. The summed E-state index contributed by atoms with van der Waals surface area (Å²) in [4.78, 5) is 35.5. The standard InChI is InChI=1S/C26H24O6/c1-3-5-22-23(13-12-21(16(2)27)25(22)29)32-15-17-8-10-18(11-9-17)24(28)19-6-4-7-20(14-19)26(30)31/h4,6-14,29H,3,5,15H2,1-2H3,(H,30,31). The van der Waals surface area contributed by atoms with Crippen molar-refractivity contribution >= 4 is 17.5 Å². The van der Waals surface area contributed by atoms with Crippen LogP contribution < -0.4 is 4.74 Å². The number of hydrogen-bond donors (Lipinski definition) is 2. The number of ether oxygens (including phenoxy) is 1. The lowest BCUT2D eigenvalue weighted by molar-refractivity contribution is 0.0696. The molecule has 0 atom stereocenters. The molecule has 0 aromatic heterocycles. The number of carboxylic acid groups (broad SMARTS) is 1. The van der Waals surface area contributed by atoms with Crippen molar-refractivity contribution in [3.63, 3.8) is 0 Å². The number of Topliss-reactive ketones (excluding diaryl/α,β-unsaturated/α-hetero) is 1. The van der Waals surface area contributed by atoms with Crippen LogP contribution in [-0.4, -0.2) is 27.7 Å². The number of rotatable bonds is 9. The first kappa shape index (κ1) is 22.7. The van der Waals surface area contributed by atoms with Gasteiger partial charge in [-0.3, -0.25) is 9.59 Å². The van der Waals surface area contributed by atoms with Crippen LogP contribution in [-0.2, 0) is 13.0 Å². The molecule has 0 radical (unpaired) electrons. The van der Waals surface area contributed by atoms with Crippen molar-refractivity contribution in [3.8, 4) is 11.5 Å². The number of phenols is 1. The van der Waals surface area contributed by atoms with E-state index in [0.717, 1.165) is 12.0 Å². The number of benzene rings is 3. The van der Waals surface area contributed by atoms with Crippen molar-refractivity contribution in [2.75, 3.05) is 0 Å². The number of carbonyl (C=O) groups is 3. The largest absolute Gasteiger partial charge is 0.507 e. The van der Waals surface area contributed by atoms with Crippen molar-refractivity contribution in [3.05, 3.63) is 94.0 Å². The molecule has 0 amide bonds. The van der Waals surface area contributed by atoms with E-state index in [2.05, 4.69) is 0 Å². The molecule has 0 unspecified atom stereocenters. The van der Waals surface area contributed by atoms with Crippen LogP contribution in [0.25, 0.3) is 0 Å². The Morgan fingerprint density at radius 3 is 2.22 bits per heavy atom. The second-order valence-corrected chi connectivity index (χ2v) is 7.45. The summed E-state index contributed by atoms with van der Waals surface area (Å²) in [5.74, 6) is -1.09. The van der Waals surface area contributed by atoms with Gasteiger partial charge in [-0.05, 0) is 43.2 Å². The molecule has 0 aliphatic rings. The van der Waals surface area contributed by atoms with Crippen LogP contribution in [0.5, 0.6) is 11.5 Å². The molecule has 6 heteroatoms. The highest BCUT2D eigenvalue weighted by atomic mass is 16.5. The fourth-order valence-electron chi connectivity index (χ4n) is 3.40. The van der Waals surface area contributed by atoms with Crippen LogP contribution >= 0.6 is 0 Å². The number of ketones is 2. The van der Waals surface area contributed by atoms with Crippen LogP contribution in [0.3, 0.4) is 0 Å². The molecule has 0 saturated carbocycles. The Balaban J connectivity index is 1.75. The second kappa shape index (κ2) is 9.92. The summed E-state index contributed by atoms with van der Waals surface area (Å²) in [5, 5.41) is 19.6. The molecule has 2 N–H and O–H groups in total. The van der Waals surface area contributed by atoms with Crippen molar-refractivity contribution in [2.45, 2.75) is 33.3 Å². The Bertz CT molecular complexity index is 1160. The Kier molecular flexibility index (Phi) is 7.05. The second-order valence-electron chi connectivity index (χ2n) is 7.45. The molecule has 0 saturated heterocycles. The highest BCUT2D eigenvalue weighted by Crippen LogP contribution is 2.33. The lowest BCUT2D eigenvalue weighted by atomic mass is 10.0. The van der Waals surface area contributed by atoms with E-state index in [1.807, 2.05) is 6.92 Å². The minimum absolute atomic E-state index is 0.0404. The average Bonchev–Trinajstić information content (AvgIpc) is 2.79. The van der Waals surface area contributed by atoms with Gasteiger partial charge < -0.3 is 14.9 Å². The van der Waals surface area contributed by atoms with E-state index in [1.54, 1.807) is 48.5 Å². The third-order valence-corrected chi connectivity index (χ3v) is 5.10. The van der Waals surface area contributed by atoms with Crippen molar-refractivity contribution < 1.29 is 29.3 Å². The van der Waals surface area contributed by atoms with Crippen LogP contribution in [0.2, 0.25) is 0 Å². The number of carboxylic acids is 1. The van der Waals surface area contributed by atoms with Gasteiger partial charge in [0.05, 0.1) is 11.1 Å². The number of aromatic hydroxyl groups is 1. The van der Waals surface area contributed by atoms with Crippen molar-refractivity contribution in [1.29, 1.82) is 0 Å². The first-order valence-corrected chi connectivity index (χ1v) is 10.3. The van der Waals surface area contributed by atoms with E-state index >= 15 is 0 Å². The van der Waals surface area contributed by atoms with Gasteiger partial charge in [-0.25, -0.2) is 4.79 Å². The molecule has 6 nitrogen and oxygen atoms in total. The molecule has 164 valence electrons. The first-order valence-electron chi connectivity index (χ1n) is 10.3. The zero-order chi connectivity index (χ0) is 23.3. The fourth-order valence-corrected chi connectivity index (χ4v) is 3.40. The maximum Gasteiger partial charge on any atom is 0.335 e. The summed E-state index contributed by atoms with van der Waals surface area (Å²) in [6.07, 6.45) is 1.36. The maximum absolute atomic E-state index is 12.7. The van der Waals surface area contributed by atoms with Gasteiger partial charge in [0.15, 0.2) is 11.6 Å². The zero-order valence-electron chi connectivity index (χ0n) is 17.9. The van der Waals surface area contributed by atoms with Gasteiger partial charge in [0.1, 0.15) is 18.1 Å². The van der Waals surface area contributed by atoms with Gasteiger partial charge in [-0.2, -0.15) is 0 Å². The predicted octanol–water partition coefficient (Wildman–Crippen LogP) is 5.06. The third-order valence-electron chi connectivity index (χ3n) is 5.10. The van der Waals surface area contributed by atoms with E-state index in [1.165, 1.54) is 19.1 Å². The summed E-state index contributed by atoms with van der Waals surface area (Å²) < 4.78 is 5.90. The van der Waals surface area contributed by atoms with E-state index in [9.17, 15) is 19.5 Å². The fraction of sp³-hybridized carbons (Fsp3) is 0.192. The van der Waals surface area contributed by atoms with Crippen molar-refractivity contribution in [2.24, 2.45) is 0 Å². The van der Waals surface area contributed by atoms with Gasteiger partial charge in [0.2, 0.25) is 0 Å². The zero-order valence-corrected chi connectivity index (χ0v) is 17.9. The summed E-state index contributed by atoms with van der Waals surface area (Å²) in [7, 11) is 0. The van der Waals surface area contributed by atoms with Gasteiger partial charge in [0.25, 0.3) is 0 Å². The van der Waals surface area contributed by atoms with Crippen LogP contribution in [0.15, 0.2) is 60.7 Å². The molecule has 0 fully saturated rings. The maximum atomic E-state index is 12.7. The Morgan fingerprint density at radius 1 is 0.906 bits per heavy atom.